The molecule has 332 valence electrons. The number of pyridine rings is 1. The van der Waals surface area contributed by atoms with E-state index in [2.05, 4.69) is 25.8 Å². The van der Waals surface area contributed by atoms with E-state index in [-0.39, 0.29) is 71.3 Å². The Labute approximate surface area is 360 Å². The number of hydrogen-bond acceptors (Lipinski definition) is 7. The third-order valence-electron chi connectivity index (χ3n) is 9.47. The highest BCUT2D eigenvalue weighted by molar-refractivity contribution is 6.32. The molecule has 15 nitrogen and oxygen atoms in total. The first-order valence-electron chi connectivity index (χ1n) is 19.8. The highest BCUT2D eigenvalue weighted by Crippen LogP contribution is 2.37. The summed E-state index contributed by atoms with van der Waals surface area (Å²) in [6, 6.07) is 11.2. The SMILES string of the molecule is CC.CC(C)(C)NC(=O)N1CCn2nc(-c3cc4ccccc4nc3Cl)c(C(N)=O)c2C1.CC(C)(C)NC(=O)N1CCn2nc(-c3ccc(F)c(C(F)(F)F)c3)c(C(N)=O)c2C1. The van der Waals surface area contributed by atoms with E-state index in [0.717, 1.165) is 17.0 Å². The summed E-state index contributed by atoms with van der Waals surface area (Å²) in [5, 5.41) is 15.7. The van der Waals surface area contributed by atoms with E-state index >= 15 is 0 Å². The molecular weight excluding hydrogens is 834 g/mol. The number of carbonyl (C=O) groups excluding carboxylic acids is 4. The first-order chi connectivity index (χ1) is 28.9. The van der Waals surface area contributed by atoms with Crippen LogP contribution in [-0.2, 0) is 32.4 Å². The second-order valence-electron chi connectivity index (χ2n) is 16.4. The minimum Gasteiger partial charge on any atom is -0.365 e. The summed E-state index contributed by atoms with van der Waals surface area (Å²) in [4.78, 5) is 57.2. The zero-order valence-electron chi connectivity index (χ0n) is 35.7. The highest BCUT2D eigenvalue weighted by Gasteiger charge is 2.36. The lowest BCUT2D eigenvalue weighted by Crippen LogP contribution is -2.50. The van der Waals surface area contributed by atoms with Crippen molar-refractivity contribution in [2.45, 2.75) is 98.8 Å². The first-order valence-corrected chi connectivity index (χ1v) is 20.2. The number of alkyl halides is 3. The summed E-state index contributed by atoms with van der Waals surface area (Å²) < 4.78 is 56.1. The number of urea groups is 2. The Bertz CT molecular complexity index is 2520. The largest absolute Gasteiger partial charge is 0.419 e. The number of nitrogens with zero attached hydrogens (tertiary/aromatic N) is 7. The van der Waals surface area contributed by atoms with Gasteiger partial charge in [0.05, 0.1) is 59.8 Å². The van der Waals surface area contributed by atoms with Crippen molar-refractivity contribution in [1.29, 1.82) is 0 Å². The summed E-state index contributed by atoms with van der Waals surface area (Å²) >= 11 is 6.44. The van der Waals surface area contributed by atoms with Gasteiger partial charge >= 0.3 is 18.2 Å². The second-order valence-corrected chi connectivity index (χ2v) is 16.8. The fourth-order valence-corrected chi connectivity index (χ4v) is 7.07. The van der Waals surface area contributed by atoms with Gasteiger partial charge in [-0.2, -0.15) is 23.4 Å². The fraction of sp³-hybridized carbons (Fsp3) is 0.405. The van der Waals surface area contributed by atoms with Crippen molar-refractivity contribution in [2.75, 3.05) is 13.1 Å². The van der Waals surface area contributed by atoms with Crippen LogP contribution in [0.4, 0.5) is 27.2 Å². The van der Waals surface area contributed by atoms with E-state index in [0.29, 0.717) is 47.9 Å². The number of rotatable bonds is 4. The lowest BCUT2D eigenvalue weighted by molar-refractivity contribution is -0.139. The smallest absolute Gasteiger partial charge is 0.365 e. The number of nitrogens with one attached hydrogen (secondary N) is 2. The molecule has 0 radical (unpaired) electrons. The number of halogens is 5. The van der Waals surface area contributed by atoms with Crippen LogP contribution in [0, 0.1) is 5.82 Å². The quantitative estimate of drug-likeness (QED) is 0.107. The van der Waals surface area contributed by atoms with Crippen LogP contribution in [0.5, 0.6) is 0 Å². The minimum atomic E-state index is -4.91. The molecule has 5 aromatic rings. The summed E-state index contributed by atoms with van der Waals surface area (Å²) in [6.45, 7) is 16.9. The van der Waals surface area contributed by atoms with Crippen molar-refractivity contribution in [3.05, 3.63) is 87.6 Å². The molecule has 0 atom stereocenters. The van der Waals surface area contributed by atoms with Crippen molar-refractivity contribution in [3.8, 4) is 22.5 Å². The lowest BCUT2D eigenvalue weighted by atomic mass is 10.0. The molecule has 3 aromatic heterocycles. The molecule has 20 heteroatoms. The van der Waals surface area contributed by atoms with Crippen LogP contribution in [0.25, 0.3) is 33.4 Å². The third-order valence-corrected chi connectivity index (χ3v) is 9.76. The maximum Gasteiger partial charge on any atom is 0.419 e. The Kier molecular flexibility index (Phi) is 13.6. The predicted octanol–water partition coefficient (Wildman–Crippen LogP) is 7.33. The summed E-state index contributed by atoms with van der Waals surface area (Å²) in [5.41, 5.74) is 11.5. The average Bonchev–Trinajstić information content (AvgIpc) is 3.76. The van der Waals surface area contributed by atoms with Gasteiger partial charge in [0, 0.05) is 40.7 Å². The normalized spacial score (nSPS) is 13.8. The molecule has 0 bridgehead atoms. The number of para-hydroxylation sites is 1. The van der Waals surface area contributed by atoms with Crippen LogP contribution in [-0.4, -0.2) is 82.4 Å². The van der Waals surface area contributed by atoms with Crippen LogP contribution < -0.4 is 22.1 Å². The van der Waals surface area contributed by atoms with Crippen molar-refractivity contribution >= 4 is 46.4 Å². The van der Waals surface area contributed by atoms with E-state index < -0.39 is 34.9 Å². The topological polar surface area (TPSA) is 199 Å². The zero-order valence-corrected chi connectivity index (χ0v) is 36.4. The molecule has 6 N–H and O–H groups in total. The number of aromatic nitrogens is 5. The molecule has 0 fully saturated rings. The maximum atomic E-state index is 13.7. The van der Waals surface area contributed by atoms with Crippen molar-refractivity contribution in [3.63, 3.8) is 0 Å². The predicted molar refractivity (Wildman–Crippen MR) is 226 cm³/mol. The van der Waals surface area contributed by atoms with Gasteiger partial charge in [0.1, 0.15) is 22.4 Å². The van der Waals surface area contributed by atoms with Gasteiger partial charge in [-0.1, -0.05) is 43.6 Å². The van der Waals surface area contributed by atoms with Crippen LogP contribution >= 0.6 is 11.6 Å². The van der Waals surface area contributed by atoms with Crippen LogP contribution in [0.3, 0.4) is 0 Å². The molecule has 2 aliphatic heterocycles. The van der Waals surface area contributed by atoms with Gasteiger partial charge in [-0.25, -0.2) is 19.0 Å². The molecule has 5 heterocycles. The average molecular weight is 884 g/mol. The first kappa shape index (κ1) is 46.8. The Morgan fingerprint density at radius 1 is 0.710 bits per heavy atom. The Balaban J connectivity index is 0.000000225. The Hall–Kier alpha value is -6.24. The lowest BCUT2D eigenvalue weighted by Gasteiger charge is -2.31. The van der Waals surface area contributed by atoms with Crippen LogP contribution in [0.1, 0.15) is 93.1 Å². The summed E-state index contributed by atoms with van der Waals surface area (Å²) in [6.07, 6.45) is -4.91. The molecule has 0 saturated carbocycles. The van der Waals surface area contributed by atoms with Gasteiger partial charge in [-0.3, -0.25) is 19.0 Å². The van der Waals surface area contributed by atoms with Gasteiger partial charge in [0.15, 0.2) is 0 Å². The maximum absolute atomic E-state index is 13.7. The van der Waals surface area contributed by atoms with E-state index in [1.165, 1.54) is 9.58 Å². The number of amides is 6. The molecule has 0 aliphatic carbocycles. The number of fused-ring (bicyclic) bond motifs is 3. The van der Waals surface area contributed by atoms with Crippen molar-refractivity contribution in [2.24, 2.45) is 11.5 Å². The molecule has 62 heavy (non-hydrogen) atoms. The molecule has 7 rings (SSSR count). The molecule has 2 aliphatic rings. The van der Waals surface area contributed by atoms with E-state index in [9.17, 15) is 36.7 Å². The monoisotopic (exact) mass is 883 g/mol. The molecule has 0 unspecified atom stereocenters. The standard InChI is InChI=1S/C21H23ClN6O2.C19H21F4N5O2.C2H6/c1-21(2,3)25-20(30)27-8-9-28-15(11-27)16(19(23)29)17(26-28)13-10-12-6-4-5-7-14(12)24-18(13)22;1-18(2,3)25-17(30)27-6-7-28-13(9-27)14(16(24)29)15(26-28)10-4-5-12(20)11(8-10)19(21,22)23;1-2/h4-7,10H,8-9,11H2,1-3H3,(H2,23,29)(H,25,30);4-5,8H,6-7,9H2,1-3H3,(H2,24,29)(H,25,30);1-2H3. The number of carbonyl (C=O) groups is 4. The van der Waals surface area contributed by atoms with E-state index in [1.54, 1.807) is 9.58 Å². The minimum absolute atomic E-state index is 0.000505. The van der Waals surface area contributed by atoms with Crippen molar-refractivity contribution < 1.29 is 36.7 Å². The van der Waals surface area contributed by atoms with Crippen LogP contribution in [0.2, 0.25) is 5.15 Å². The Morgan fingerprint density at radius 2 is 1.19 bits per heavy atom. The van der Waals surface area contributed by atoms with Gasteiger partial charge < -0.3 is 31.9 Å². The molecule has 0 spiro atoms. The Morgan fingerprint density at radius 3 is 1.68 bits per heavy atom. The number of primary amides is 2. The molecule has 6 amide bonds. The van der Waals surface area contributed by atoms with Gasteiger partial charge in [-0.05, 0) is 71.9 Å². The third kappa shape index (κ3) is 10.4. The second kappa shape index (κ2) is 18.0. The zero-order chi connectivity index (χ0) is 46.1. The van der Waals surface area contributed by atoms with E-state index in [4.69, 9.17) is 23.1 Å². The number of benzene rings is 2. The van der Waals surface area contributed by atoms with Crippen molar-refractivity contribution in [1.82, 2.24) is 45.0 Å². The van der Waals surface area contributed by atoms with Gasteiger partial charge in [0.25, 0.3) is 11.8 Å². The van der Waals surface area contributed by atoms with Crippen LogP contribution in [0.15, 0.2) is 48.5 Å². The highest BCUT2D eigenvalue weighted by atomic mass is 35.5. The van der Waals surface area contributed by atoms with Gasteiger partial charge in [0.2, 0.25) is 0 Å². The molecule has 2 aromatic carbocycles. The molecule has 0 saturated heterocycles. The van der Waals surface area contributed by atoms with E-state index in [1.807, 2.05) is 85.7 Å². The summed E-state index contributed by atoms with van der Waals surface area (Å²) in [7, 11) is 0. The number of nitrogens with two attached hydrogens (primary N) is 2. The summed E-state index contributed by atoms with van der Waals surface area (Å²) in [5.74, 6) is -2.95. The number of hydrogen-bond donors (Lipinski definition) is 4. The fourth-order valence-electron chi connectivity index (χ4n) is 6.84. The molecular formula is C42H50ClF4N11O4. The van der Waals surface area contributed by atoms with Gasteiger partial charge in [-0.15, -0.1) is 0 Å².